The lowest BCUT2D eigenvalue weighted by Crippen LogP contribution is -2.47. The van der Waals surface area contributed by atoms with E-state index in [1.807, 2.05) is 0 Å². The van der Waals surface area contributed by atoms with Gasteiger partial charge in [0.1, 0.15) is 5.15 Å². The third-order valence-electron chi connectivity index (χ3n) is 2.35. The first-order valence-corrected chi connectivity index (χ1v) is 4.95. The molecular formula is C9H12ClN3O. The van der Waals surface area contributed by atoms with Crippen LogP contribution in [0.1, 0.15) is 5.69 Å². The molecule has 1 saturated heterocycles. The Labute approximate surface area is 87.5 Å². The normalized spacial score (nSPS) is 18.1. The fourth-order valence-electron chi connectivity index (χ4n) is 1.57. The van der Waals surface area contributed by atoms with E-state index < -0.39 is 0 Å². The van der Waals surface area contributed by atoms with Crippen LogP contribution in [0.25, 0.3) is 0 Å². The van der Waals surface area contributed by atoms with Gasteiger partial charge in [-0.1, -0.05) is 11.6 Å². The lowest BCUT2D eigenvalue weighted by atomic mass is 10.0. The van der Waals surface area contributed by atoms with E-state index in [0.29, 0.717) is 11.1 Å². The van der Waals surface area contributed by atoms with Crippen molar-refractivity contribution in [2.75, 3.05) is 19.7 Å². The molecule has 0 radical (unpaired) electrons. The maximum absolute atomic E-state index is 8.83. The van der Waals surface area contributed by atoms with Gasteiger partial charge in [-0.05, 0) is 0 Å². The number of aliphatic hydroxyl groups excluding tert-OH is 1. The Morgan fingerprint density at radius 3 is 2.79 bits per heavy atom. The highest BCUT2D eigenvalue weighted by molar-refractivity contribution is 6.29. The van der Waals surface area contributed by atoms with Crippen molar-refractivity contribution >= 4 is 11.6 Å². The van der Waals surface area contributed by atoms with Gasteiger partial charge in [0.25, 0.3) is 0 Å². The Balaban J connectivity index is 1.84. The Hall–Kier alpha value is -0.710. The van der Waals surface area contributed by atoms with Crippen LogP contribution in [0.5, 0.6) is 0 Å². The molecule has 0 saturated carbocycles. The number of likely N-dealkylation sites (tertiary alicyclic amines) is 1. The molecule has 76 valence electrons. The molecule has 1 aliphatic rings. The maximum Gasteiger partial charge on any atom is 0.147 e. The van der Waals surface area contributed by atoms with E-state index in [4.69, 9.17) is 16.7 Å². The minimum absolute atomic E-state index is 0.281. The summed E-state index contributed by atoms with van der Waals surface area (Å²) in [5.41, 5.74) is 0.922. The second-order valence-electron chi connectivity index (χ2n) is 3.57. The lowest BCUT2D eigenvalue weighted by Gasteiger charge is -2.37. The molecule has 1 fully saturated rings. The molecule has 0 atom stereocenters. The van der Waals surface area contributed by atoms with Gasteiger partial charge in [0.15, 0.2) is 0 Å². The van der Waals surface area contributed by atoms with E-state index in [0.717, 1.165) is 25.3 Å². The van der Waals surface area contributed by atoms with Gasteiger partial charge in [-0.3, -0.25) is 9.88 Å². The predicted molar refractivity (Wildman–Crippen MR) is 52.9 cm³/mol. The van der Waals surface area contributed by atoms with Crippen LogP contribution < -0.4 is 0 Å². The molecule has 1 aromatic rings. The minimum Gasteiger partial charge on any atom is -0.396 e. The van der Waals surface area contributed by atoms with Crippen LogP contribution in [0, 0.1) is 5.92 Å². The van der Waals surface area contributed by atoms with Crippen molar-refractivity contribution in [3.05, 3.63) is 23.2 Å². The van der Waals surface area contributed by atoms with E-state index in [-0.39, 0.29) is 6.61 Å². The van der Waals surface area contributed by atoms with Crippen LogP contribution in [0.3, 0.4) is 0 Å². The van der Waals surface area contributed by atoms with Crippen molar-refractivity contribution in [3.8, 4) is 0 Å². The number of aromatic nitrogens is 2. The van der Waals surface area contributed by atoms with Crippen LogP contribution >= 0.6 is 11.6 Å². The number of aliphatic hydroxyl groups is 1. The standard InChI is InChI=1S/C9H12ClN3O/c10-9-2-11-8(1-12-9)5-13-3-7(4-13)6-14/h1-2,7,14H,3-6H2. The Morgan fingerprint density at radius 2 is 2.21 bits per heavy atom. The van der Waals surface area contributed by atoms with Crippen molar-refractivity contribution in [1.29, 1.82) is 0 Å². The molecule has 0 unspecified atom stereocenters. The average Bonchev–Trinajstić information content (AvgIpc) is 2.13. The summed E-state index contributed by atoms with van der Waals surface area (Å²) >= 11 is 5.62. The molecule has 4 nitrogen and oxygen atoms in total. The summed E-state index contributed by atoms with van der Waals surface area (Å²) in [5.74, 6) is 0.440. The fraction of sp³-hybridized carbons (Fsp3) is 0.556. The topological polar surface area (TPSA) is 49.2 Å². The zero-order chi connectivity index (χ0) is 9.97. The number of rotatable bonds is 3. The van der Waals surface area contributed by atoms with Crippen molar-refractivity contribution in [1.82, 2.24) is 14.9 Å². The second-order valence-corrected chi connectivity index (χ2v) is 3.96. The highest BCUT2D eigenvalue weighted by Crippen LogP contribution is 2.16. The van der Waals surface area contributed by atoms with Crippen molar-refractivity contribution in [2.45, 2.75) is 6.54 Å². The van der Waals surface area contributed by atoms with Gasteiger partial charge >= 0.3 is 0 Å². The van der Waals surface area contributed by atoms with Crippen LogP contribution in [0.4, 0.5) is 0 Å². The number of hydrogen-bond donors (Lipinski definition) is 1. The molecule has 0 amide bonds. The molecular weight excluding hydrogens is 202 g/mol. The van der Waals surface area contributed by atoms with E-state index in [1.54, 1.807) is 12.4 Å². The van der Waals surface area contributed by atoms with Gasteiger partial charge < -0.3 is 5.11 Å². The Bertz CT molecular complexity index is 297. The van der Waals surface area contributed by atoms with Crippen LogP contribution in [0.15, 0.2) is 12.4 Å². The Kier molecular flexibility index (Phi) is 2.96. The molecule has 1 aliphatic heterocycles. The van der Waals surface area contributed by atoms with Gasteiger partial charge in [-0.25, -0.2) is 4.98 Å². The summed E-state index contributed by atoms with van der Waals surface area (Å²) in [5, 5.41) is 9.26. The average molecular weight is 214 g/mol. The quantitative estimate of drug-likeness (QED) is 0.797. The smallest absolute Gasteiger partial charge is 0.147 e. The third-order valence-corrected chi connectivity index (χ3v) is 2.55. The molecule has 1 aromatic heterocycles. The van der Waals surface area contributed by atoms with Crippen molar-refractivity contribution in [3.63, 3.8) is 0 Å². The zero-order valence-electron chi connectivity index (χ0n) is 7.73. The van der Waals surface area contributed by atoms with Crippen LogP contribution in [-0.4, -0.2) is 39.7 Å². The van der Waals surface area contributed by atoms with E-state index >= 15 is 0 Å². The highest BCUT2D eigenvalue weighted by atomic mass is 35.5. The lowest BCUT2D eigenvalue weighted by molar-refractivity contribution is 0.0469. The summed E-state index contributed by atoms with van der Waals surface area (Å²) in [6.45, 7) is 2.96. The summed E-state index contributed by atoms with van der Waals surface area (Å²) in [6, 6.07) is 0. The molecule has 0 bridgehead atoms. The van der Waals surface area contributed by atoms with Gasteiger partial charge in [-0.2, -0.15) is 0 Å². The van der Waals surface area contributed by atoms with Gasteiger partial charge in [-0.15, -0.1) is 0 Å². The van der Waals surface area contributed by atoms with Crippen LogP contribution in [-0.2, 0) is 6.54 Å². The van der Waals surface area contributed by atoms with Crippen molar-refractivity contribution in [2.24, 2.45) is 5.92 Å². The molecule has 0 aliphatic carbocycles. The Morgan fingerprint density at radius 1 is 1.43 bits per heavy atom. The summed E-state index contributed by atoms with van der Waals surface area (Å²) < 4.78 is 0. The molecule has 14 heavy (non-hydrogen) atoms. The predicted octanol–water partition coefficient (Wildman–Crippen LogP) is 0.554. The second kappa shape index (κ2) is 4.21. The summed E-state index contributed by atoms with van der Waals surface area (Å²) in [7, 11) is 0. The molecule has 2 rings (SSSR count). The fourth-order valence-corrected chi connectivity index (χ4v) is 1.67. The first-order valence-electron chi connectivity index (χ1n) is 4.57. The van der Waals surface area contributed by atoms with E-state index in [2.05, 4.69) is 14.9 Å². The van der Waals surface area contributed by atoms with Gasteiger partial charge in [0.2, 0.25) is 0 Å². The highest BCUT2D eigenvalue weighted by Gasteiger charge is 2.25. The third kappa shape index (κ3) is 2.20. The van der Waals surface area contributed by atoms with Crippen molar-refractivity contribution < 1.29 is 5.11 Å². The minimum atomic E-state index is 0.281. The van der Waals surface area contributed by atoms with Gasteiger partial charge in [0, 0.05) is 32.2 Å². The number of nitrogens with zero attached hydrogens (tertiary/aromatic N) is 3. The van der Waals surface area contributed by atoms with Crippen LogP contribution in [0.2, 0.25) is 5.15 Å². The van der Waals surface area contributed by atoms with E-state index in [9.17, 15) is 0 Å². The maximum atomic E-state index is 8.83. The summed E-state index contributed by atoms with van der Waals surface area (Å²) in [6.07, 6.45) is 3.24. The SMILES string of the molecule is OCC1CN(Cc2cnc(Cl)cn2)C1. The largest absolute Gasteiger partial charge is 0.396 e. The molecule has 2 heterocycles. The summed E-state index contributed by atoms with van der Waals surface area (Å²) in [4.78, 5) is 10.3. The molecule has 0 aromatic carbocycles. The number of halogens is 1. The first kappa shape index (κ1) is 9.83. The molecule has 0 spiro atoms. The van der Waals surface area contributed by atoms with Gasteiger partial charge in [0.05, 0.1) is 18.1 Å². The zero-order valence-corrected chi connectivity index (χ0v) is 8.48. The molecule has 5 heteroatoms. The number of hydrogen-bond acceptors (Lipinski definition) is 4. The monoisotopic (exact) mass is 213 g/mol. The first-order chi connectivity index (χ1) is 6.78. The molecule has 1 N–H and O–H groups in total. The van der Waals surface area contributed by atoms with E-state index in [1.165, 1.54) is 0 Å².